The standard InChI is InChI=1S/C14H10BrN3O2S/c15-10-3-1-2-8(9(10)6-16)13-17-11-7-18(14(19)20)5-4-12(11)21-13/h1-3H,4-5,7H2,(H,19,20). The van der Waals surface area contributed by atoms with E-state index in [9.17, 15) is 10.1 Å². The van der Waals surface area contributed by atoms with E-state index in [2.05, 4.69) is 27.0 Å². The van der Waals surface area contributed by atoms with Gasteiger partial charge in [0.2, 0.25) is 0 Å². The van der Waals surface area contributed by atoms with Gasteiger partial charge in [0.05, 0.1) is 17.8 Å². The van der Waals surface area contributed by atoms with Gasteiger partial charge in [-0.3, -0.25) is 0 Å². The molecule has 0 saturated carbocycles. The van der Waals surface area contributed by atoms with E-state index in [0.717, 1.165) is 25.6 Å². The van der Waals surface area contributed by atoms with Crippen LogP contribution in [0, 0.1) is 11.3 Å². The molecular formula is C14H10BrN3O2S. The summed E-state index contributed by atoms with van der Waals surface area (Å²) in [5.41, 5.74) is 2.14. The van der Waals surface area contributed by atoms with Crippen molar-refractivity contribution in [2.45, 2.75) is 13.0 Å². The number of halogens is 1. The summed E-state index contributed by atoms with van der Waals surface area (Å²) >= 11 is 4.91. The summed E-state index contributed by atoms with van der Waals surface area (Å²) in [6.07, 6.45) is -0.245. The van der Waals surface area contributed by atoms with Crippen LogP contribution >= 0.6 is 27.3 Å². The molecule has 21 heavy (non-hydrogen) atoms. The van der Waals surface area contributed by atoms with E-state index in [1.54, 1.807) is 0 Å². The number of fused-ring (bicyclic) bond motifs is 1. The Morgan fingerprint density at radius 2 is 2.33 bits per heavy atom. The van der Waals surface area contributed by atoms with E-state index in [1.807, 2.05) is 18.2 Å². The Morgan fingerprint density at radius 1 is 1.52 bits per heavy atom. The van der Waals surface area contributed by atoms with Gasteiger partial charge in [0, 0.05) is 27.9 Å². The summed E-state index contributed by atoms with van der Waals surface area (Å²) in [5, 5.41) is 19.1. The fourth-order valence-electron chi connectivity index (χ4n) is 2.29. The van der Waals surface area contributed by atoms with E-state index in [4.69, 9.17) is 5.11 Å². The van der Waals surface area contributed by atoms with E-state index < -0.39 is 6.09 Å². The normalized spacial score (nSPS) is 13.6. The van der Waals surface area contributed by atoms with Crippen LogP contribution in [0.5, 0.6) is 0 Å². The molecule has 1 aliphatic heterocycles. The van der Waals surface area contributed by atoms with Gasteiger partial charge in [-0.15, -0.1) is 11.3 Å². The van der Waals surface area contributed by atoms with Crippen molar-refractivity contribution in [1.29, 1.82) is 5.26 Å². The molecule has 0 bridgehead atoms. The van der Waals surface area contributed by atoms with Crippen LogP contribution in [0.2, 0.25) is 0 Å². The molecule has 0 radical (unpaired) electrons. The van der Waals surface area contributed by atoms with Gasteiger partial charge in [0.25, 0.3) is 0 Å². The maximum absolute atomic E-state index is 11.0. The van der Waals surface area contributed by atoms with Crippen molar-refractivity contribution in [2.24, 2.45) is 0 Å². The Morgan fingerprint density at radius 3 is 3.05 bits per heavy atom. The lowest BCUT2D eigenvalue weighted by molar-refractivity contribution is 0.139. The minimum Gasteiger partial charge on any atom is -0.465 e. The van der Waals surface area contributed by atoms with Gasteiger partial charge in [-0.2, -0.15) is 5.26 Å². The number of hydrogen-bond donors (Lipinski definition) is 1. The molecule has 0 fully saturated rings. The number of benzene rings is 1. The predicted octanol–water partition coefficient (Wildman–Crippen LogP) is 3.48. The van der Waals surface area contributed by atoms with E-state index in [0.29, 0.717) is 25.1 Å². The van der Waals surface area contributed by atoms with Crippen molar-refractivity contribution in [1.82, 2.24) is 9.88 Å². The quantitative estimate of drug-likeness (QED) is 0.841. The number of carbonyl (C=O) groups is 1. The summed E-state index contributed by atoms with van der Waals surface area (Å²) in [6.45, 7) is 0.810. The second-order valence-corrected chi connectivity index (χ2v) is 6.56. The summed E-state index contributed by atoms with van der Waals surface area (Å²) in [7, 11) is 0. The lowest BCUT2D eigenvalue weighted by Crippen LogP contribution is -2.34. The first-order valence-corrected chi connectivity index (χ1v) is 7.86. The van der Waals surface area contributed by atoms with Crippen LogP contribution in [0.4, 0.5) is 4.79 Å². The second kappa shape index (κ2) is 5.47. The maximum Gasteiger partial charge on any atom is 0.407 e. The molecule has 1 aliphatic rings. The molecule has 1 amide bonds. The van der Waals surface area contributed by atoms with E-state index >= 15 is 0 Å². The highest BCUT2D eigenvalue weighted by molar-refractivity contribution is 9.10. The molecule has 5 nitrogen and oxygen atoms in total. The monoisotopic (exact) mass is 363 g/mol. The molecule has 0 aliphatic carbocycles. The zero-order valence-corrected chi connectivity index (χ0v) is 13.2. The number of carboxylic acid groups (broad SMARTS) is 1. The van der Waals surface area contributed by atoms with Crippen molar-refractivity contribution < 1.29 is 9.90 Å². The first kappa shape index (κ1) is 14.0. The molecule has 2 aromatic rings. The fraction of sp³-hybridized carbons (Fsp3) is 0.214. The van der Waals surface area contributed by atoms with Crippen LogP contribution in [0.15, 0.2) is 22.7 Å². The molecular weight excluding hydrogens is 354 g/mol. The number of hydrogen-bond acceptors (Lipinski definition) is 4. The zero-order chi connectivity index (χ0) is 15.0. The van der Waals surface area contributed by atoms with Gasteiger partial charge in [-0.25, -0.2) is 9.78 Å². The smallest absolute Gasteiger partial charge is 0.407 e. The third-order valence-corrected chi connectivity index (χ3v) is 5.21. The number of aromatic nitrogens is 1. The second-order valence-electron chi connectivity index (χ2n) is 4.62. The largest absolute Gasteiger partial charge is 0.465 e. The predicted molar refractivity (Wildman–Crippen MR) is 82.1 cm³/mol. The molecule has 1 N–H and O–H groups in total. The lowest BCUT2D eigenvalue weighted by atomic mass is 10.1. The SMILES string of the molecule is N#Cc1c(Br)cccc1-c1nc2c(s1)CCN(C(=O)O)C2. The average Bonchev–Trinajstić information content (AvgIpc) is 2.89. The Labute approximate surface area is 133 Å². The molecule has 0 spiro atoms. The van der Waals surface area contributed by atoms with Crippen LogP contribution in [-0.4, -0.2) is 27.6 Å². The molecule has 0 atom stereocenters. The van der Waals surface area contributed by atoms with Crippen molar-refractivity contribution in [3.05, 3.63) is 38.8 Å². The number of rotatable bonds is 1. The maximum atomic E-state index is 11.0. The number of amides is 1. The summed E-state index contributed by atoms with van der Waals surface area (Å²) in [6, 6.07) is 7.74. The van der Waals surface area contributed by atoms with Crippen molar-refractivity contribution >= 4 is 33.4 Å². The molecule has 2 heterocycles. The Hall–Kier alpha value is -1.91. The number of nitrogens with zero attached hydrogens (tertiary/aromatic N) is 3. The minimum absolute atomic E-state index is 0.317. The molecule has 1 aromatic carbocycles. The molecule has 1 aromatic heterocycles. The Kier molecular flexibility index (Phi) is 3.66. The van der Waals surface area contributed by atoms with Gasteiger partial charge in [-0.1, -0.05) is 12.1 Å². The van der Waals surface area contributed by atoms with Crippen molar-refractivity contribution in [2.75, 3.05) is 6.54 Å². The average molecular weight is 364 g/mol. The number of nitriles is 1. The third kappa shape index (κ3) is 2.52. The van der Waals surface area contributed by atoms with Crippen LogP contribution in [-0.2, 0) is 13.0 Å². The third-order valence-electron chi connectivity index (χ3n) is 3.35. The van der Waals surface area contributed by atoms with E-state index in [1.165, 1.54) is 16.2 Å². The minimum atomic E-state index is -0.921. The molecule has 3 rings (SSSR count). The summed E-state index contributed by atoms with van der Waals surface area (Å²) in [5.74, 6) is 0. The van der Waals surface area contributed by atoms with Crippen LogP contribution in [0.1, 0.15) is 16.1 Å². The van der Waals surface area contributed by atoms with Gasteiger partial charge < -0.3 is 10.0 Å². The van der Waals surface area contributed by atoms with Crippen LogP contribution in [0.25, 0.3) is 10.6 Å². The first-order chi connectivity index (χ1) is 10.1. The van der Waals surface area contributed by atoms with Crippen LogP contribution < -0.4 is 0 Å². The van der Waals surface area contributed by atoms with Gasteiger partial charge in [0.15, 0.2) is 0 Å². The van der Waals surface area contributed by atoms with Crippen LogP contribution in [0.3, 0.4) is 0 Å². The van der Waals surface area contributed by atoms with Gasteiger partial charge >= 0.3 is 6.09 Å². The molecule has 106 valence electrons. The lowest BCUT2D eigenvalue weighted by Gasteiger charge is -2.22. The van der Waals surface area contributed by atoms with E-state index in [-0.39, 0.29) is 0 Å². The Bertz CT molecular complexity index is 766. The molecule has 0 saturated heterocycles. The molecule has 7 heteroatoms. The highest BCUT2D eigenvalue weighted by Gasteiger charge is 2.24. The highest BCUT2D eigenvalue weighted by Crippen LogP contribution is 2.35. The topological polar surface area (TPSA) is 77.2 Å². The number of thiazole rings is 1. The zero-order valence-electron chi connectivity index (χ0n) is 10.8. The molecule has 0 unspecified atom stereocenters. The van der Waals surface area contributed by atoms with Crippen molar-refractivity contribution in [3.63, 3.8) is 0 Å². The fourth-order valence-corrected chi connectivity index (χ4v) is 3.84. The van der Waals surface area contributed by atoms with Gasteiger partial charge in [0.1, 0.15) is 11.1 Å². The highest BCUT2D eigenvalue weighted by atomic mass is 79.9. The summed E-state index contributed by atoms with van der Waals surface area (Å²) < 4.78 is 0.739. The summed E-state index contributed by atoms with van der Waals surface area (Å²) in [4.78, 5) is 18.0. The first-order valence-electron chi connectivity index (χ1n) is 6.25. The van der Waals surface area contributed by atoms with Crippen molar-refractivity contribution in [3.8, 4) is 16.6 Å². The Balaban J connectivity index is 2.02. The van der Waals surface area contributed by atoms with Gasteiger partial charge in [-0.05, 0) is 22.0 Å².